The molecule has 3 heterocycles. The Labute approximate surface area is 159 Å². The maximum Gasteiger partial charge on any atom is 0.458 e. The fourth-order valence-corrected chi connectivity index (χ4v) is 3.50. The fourth-order valence-electron chi connectivity index (χ4n) is 2.48. The normalized spacial score (nSPS) is 12.7. The van der Waals surface area contributed by atoms with E-state index >= 15 is 0 Å². The molecule has 3 aromatic rings. The van der Waals surface area contributed by atoms with Crippen molar-refractivity contribution in [1.29, 1.82) is 0 Å². The van der Waals surface area contributed by atoms with E-state index in [2.05, 4.69) is 15.0 Å². The van der Waals surface area contributed by atoms with E-state index in [0.29, 0.717) is 27.9 Å². The molecule has 11 heteroatoms. The molecule has 27 heavy (non-hydrogen) atoms. The van der Waals surface area contributed by atoms with Crippen molar-refractivity contribution < 1.29 is 22.0 Å². The van der Waals surface area contributed by atoms with Gasteiger partial charge in [-0.2, -0.15) is 22.0 Å². The van der Waals surface area contributed by atoms with Crippen LogP contribution in [0.15, 0.2) is 29.4 Å². The molecule has 0 spiro atoms. The second kappa shape index (κ2) is 6.90. The Morgan fingerprint density at radius 2 is 1.81 bits per heavy atom. The van der Waals surface area contributed by atoms with Crippen LogP contribution in [0.2, 0.25) is 5.02 Å². The molecular weight excluding hydrogens is 411 g/mol. The number of pyridine rings is 2. The molecule has 0 amide bonds. The minimum absolute atomic E-state index is 0.0851. The maximum absolute atomic E-state index is 13.6. The van der Waals surface area contributed by atoms with Gasteiger partial charge in [0.2, 0.25) is 0 Å². The van der Waals surface area contributed by atoms with Gasteiger partial charge in [0.1, 0.15) is 11.2 Å². The lowest BCUT2D eigenvalue weighted by molar-refractivity contribution is -0.289. The highest BCUT2D eigenvalue weighted by atomic mass is 35.5. The molecule has 0 radical (unpaired) electrons. The molecule has 0 N–H and O–H groups in total. The number of nitrogens with zero attached hydrogens (tertiary/aromatic N) is 4. The zero-order valence-electron chi connectivity index (χ0n) is 14.0. The van der Waals surface area contributed by atoms with Crippen LogP contribution in [-0.2, 0) is 13.0 Å². The minimum Gasteiger partial charge on any atom is -0.310 e. The number of imidazole rings is 1. The molecule has 0 fully saturated rings. The molecule has 144 valence electrons. The Bertz CT molecular complexity index is 1000. The van der Waals surface area contributed by atoms with Crippen molar-refractivity contribution in [3.05, 3.63) is 35.1 Å². The molecule has 0 bridgehead atoms. The number of halogens is 6. The van der Waals surface area contributed by atoms with Gasteiger partial charge in [0.25, 0.3) is 0 Å². The van der Waals surface area contributed by atoms with Crippen molar-refractivity contribution in [3.63, 3.8) is 0 Å². The average Bonchev–Trinajstić information content (AvgIpc) is 2.90. The number of aromatic nitrogens is 4. The lowest BCUT2D eigenvalue weighted by Crippen LogP contribution is -2.33. The summed E-state index contributed by atoms with van der Waals surface area (Å²) in [6.45, 7) is 1.93. The van der Waals surface area contributed by atoms with E-state index in [0.717, 1.165) is 5.75 Å². The predicted molar refractivity (Wildman–Crippen MR) is 93.1 cm³/mol. The Morgan fingerprint density at radius 3 is 2.44 bits per heavy atom. The van der Waals surface area contributed by atoms with E-state index in [9.17, 15) is 22.0 Å². The van der Waals surface area contributed by atoms with E-state index < -0.39 is 17.7 Å². The standard InChI is InChI=1S/C16H12ClF5N4S/c1-3-27-11-5-9(17)7-23-12(11)14-25-10-4-8(6-24-13(10)26(14)2)15(18,19)16(20,21)22/h4-7H,3H2,1-2H3. The first-order valence-corrected chi connectivity index (χ1v) is 8.98. The van der Waals surface area contributed by atoms with Gasteiger partial charge in [-0.05, 0) is 17.9 Å². The zero-order chi connectivity index (χ0) is 20.0. The topological polar surface area (TPSA) is 43.6 Å². The smallest absolute Gasteiger partial charge is 0.310 e. The molecule has 3 aromatic heterocycles. The van der Waals surface area contributed by atoms with Gasteiger partial charge in [-0.1, -0.05) is 18.5 Å². The third kappa shape index (κ3) is 3.47. The van der Waals surface area contributed by atoms with Gasteiger partial charge in [-0.25, -0.2) is 9.97 Å². The number of alkyl halides is 5. The first-order valence-electron chi connectivity index (χ1n) is 7.62. The van der Waals surface area contributed by atoms with E-state index in [-0.39, 0.29) is 17.0 Å². The van der Waals surface area contributed by atoms with Crippen LogP contribution in [0.5, 0.6) is 0 Å². The van der Waals surface area contributed by atoms with Crippen molar-refractivity contribution in [3.8, 4) is 11.5 Å². The number of hydrogen-bond donors (Lipinski definition) is 0. The van der Waals surface area contributed by atoms with Crippen LogP contribution >= 0.6 is 23.4 Å². The number of aryl methyl sites for hydroxylation is 1. The molecule has 0 atom stereocenters. The Kier molecular flexibility index (Phi) is 5.06. The van der Waals surface area contributed by atoms with Crippen LogP contribution in [0.1, 0.15) is 12.5 Å². The molecule has 0 aliphatic heterocycles. The van der Waals surface area contributed by atoms with Crippen LogP contribution in [-0.4, -0.2) is 31.4 Å². The van der Waals surface area contributed by atoms with Gasteiger partial charge >= 0.3 is 12.1 Å². The summed E-state index contributed by atoms with van der Waals surface area (Å²) in [7, 11) is 1.58. The lowest BCUT2D eigenvalue weighted by atomic mass is 10.1. The monoisotopic (exact) mass is 422 g/mol. The van der Waals surface area contributed by atoms with Gasteiger partial charge in [-0.3, -0.25) is 4.98 Å². The molecule has 4 nitrogen and oxygen atoms in total. The predicted octanol–water partition coefficient (Wildman–Crippen LogP) is 5.45. The van der Waals surface area contributed by atoms with E-state index in [1.165, 1.54) is 22.5 Å². The summed E-state index contributed by atoms with van der Waals surface area (Å²) in [4.78, 5) is 12.9. The number of rotatable bonds is 4. The number of hydrogen-bond acceptors (Lipinski definition) is 4. The highest BCUT2D eigenvalue weighted by molar-refractivity contribution is 7.99. The van der Waals surface area contributed by atoms with Gasteiger partial charge in [-0.15, -0.1) is 11.8 Å². The Morgan fingerprint density at radius 1 is 1.11 bits per heavy atom. The van der Waals surface area contributed by atoms with Crippen molar-refractivity contribution in [1.82, 2.24) is 19.5 Å². The molecular formula is C16H12ClF5N4S. The Hall–Kier alpha value is -1.94. The van der Waals surface area contributed by atoms with Crippen LogP contribution in [0, 0.1) is 0 Å². The molecule has 0 saturated heterocycles. The highest BCUT2D eigenvalue weighted by Crippen LogP contribution is 2.44. The largest absolute Gasteiger partial charge is 0.458 e. The first kappa shape index (κ1) is 19.8. The quantitative estimate of drug-likeness (QED) is 0.414. The van der Waals surface area contributed by atoms with E-state index in [1.54, 1.807) is 13.1 Å². The van der Waals surface area contributed by atoms with Crippen LogP contribution in [0.25, 0.3) is 22.7 Å². The minimum atomic E-state index is -5.72. The summed E-state index contributed by atoms with van der Waals surface area (Å²) in [5.74, 6) is -4.01. The third-order valence-electron chi connectivity index (χ3n) is 3.76. The molecule has 0 aromatic carbocycles. The van der Waals surface area contributed by atoms with E-state index in [4.69, 9.17) is 11.6 Å². The van der Waals surface area contributed by atoms with Gasteiger partial charge in [0.15, 0.2) is 11.5 Å². The van der Waals surface area contributed by atoms with Crippen molar-refractivity contribution in [2.45, 2.75) is 23.9 Å². The molecule has 3 rings (SSSR count). The average molecular weight is 423 g/mol. The summed E-state index contributed by atoms with van der Waals surface area (Å²) in [5, 5.41) is 0.415. The summed E-state index contributed by atoms with van der Waals surface area (Å²) >= 11 is 7.42. The Balaban J connectivity index is 2.17. The van der Waals surface area contributed by atoms with Gasteiger partial charge in [0.05, 0.1) is 10.6 Å². The molecule has 0 aliphatic rings. The number of thioether (sulfide) groups is 1. The fraction of sp³-hybridized carbons (Fsp3) is 0.312. The van der Waals surface area contributed by atoms with Crippen molar-refractivity contribution in [2.24, 2.45) is 7.05 Å². The molecule has 0 aliphatic carbocycles. The van der Waals surface area contributed by atoms with Crippen molar-refractivity contribution >= 4 is 34.5 Å². The summed E-state index contributed by atoms with van der Waals surface area (Å²) < 4.78 is 66.5. The van der Waals surface area contributed by atoms with E-state index in [1.807, 2.05) is 6.92 Å². The summed E-state index contributed by atoms with van der Waals surface area (Å²) in [6, 6.07) is 2.38. The zero-order valence-corrected chi connectivity index (χ0v) is 15.6. The first-order chi connectivity index (χ1) is 12.6. The summed E-state index contributed by atoms with van der Waals surface area (Å²) in [6.07, 6.45) is -3.80. The lowest BCUT2D eigenvalue weighted by Gasteiger charge is -2.19. The number of fused-ring (bicyclic) bond motifs is 1. The molecule has 0 saturated carbocycles. The van der Waals surface area contributed by atoms with Crippen LogP contribution in [0.3, 0.4) is 0 Å². The van der Waals surface area contributed by atoms with Crippen LogP contribution < -0.4 is 0 Å². The van der Waals surface area contributed by atoms with Gasteiger partial charge < -0.3 is 4.57 Å². The molecule has 0 unspecified atom stereocenters. The highest BCUT2D eigenvalue weighted by Gasteiger charge is 2.59. The van der Waals surface area contributed by atoms with Crippen LogP contribution in [0.4, 0.5) is 22.0 Å². The second-order valence-electron chi connectivity index (χ2n) is 5.57. The second-order valence-corrected chi connectivity index (χ2v) is 7.31. The third-order valence-corrected chi connectivity index (χ3v) is 4.88. The van der Waals surface area contributed by atoms with Crippen molar-refractivity contribution in [2.75, 3.05) is 5.75 Å². The summed E-state index contributed by atoms with van der Waals surface area (Å²) in [5.41, 5.74) is -0.746. The maximum atomic E-state index is 13.6. The van der Waals surface area contributed by atoms with Gasteiger partial charge in [0, 0.05) is 24.3 Å². The SMILES string of the molecule is CCSc1cc(Cl)cnc1-c1nc2cc(C(F)(F)C(F)(F)F)cnc2n1C.